The number of hydrogen-bond donors (Lipinski definition) is 2. The van der Waals surface area contributed by atoms with Crippen LogP contribution in [0, 0.1) is 5.82 Å². The van der Waals surface area contributed by atoms with E-state index in [1.807, 2.05) is 0 Å². The molecule has 35 heavy (non-hydrogen) atoms. The summed E-state index contributed by atoms with van der Waals surface area (Å²) in [6.45, 7) is -0.0439. The first kappa shape index (κ1) is 24.6. The van der Waals surface area contributed by atoms with E-state index in [0.717, 1.165) is 0 Å². The van der Waals surface area contributed by atoms with E-state index < -0.39 is 33.5 Å². The number of pyridine rings is 1. The summed E-state index contributed by atoms with van der Waals surface area (Å²) >= 11 is 0. The van der Waals surface area contributed by atoms with Gasteiger partial charge in [0.1, 0.15) is 17.6 Å². The Morgan fingerprint density at radius 3 is 2.51 bits per heavy atom. The lowest BCUT2D eigenvalue weighted by Gasteiger charge is -2.48. The van der Waals surface area contributed by atoms with Gasteiger partial charge in [-0.25, -0.2) is 17.8 Å². The molecule has 4 rings (SSSR count). The Balaban J connectivity index is 1.59. The quantitative estimate of drug-likeness (QED) is 0.456. The molecule has 1 fully saturated rings. The van der Waals surface area contributed by atoms with Crippen molar-refractivity contribution in [3.8, 4) is 11.6 Å². The number of nitrogens with zero attached hydrogens (tertiary/aromatic N) is 2. The number of carbonyl (C=O) groups is 1. The van der Waals surface area contributed by atoms with Crippen LogP contribution in [-0.2, 0) is 26.8 Å². The summed E-state index contributed by atoms with van der Waals surface area (Å²) < 4.78 is 52.7. The van der Waals surface area contributed by atoms with E-state index in [-0.39, 0.29) is 24.4 Å². The predicted octanol–water partition coefficient (Wildman–Crippen LogP) is 2.16. The molecule has 0 radical (unpaired) electrons. The number of ether oxygens (including phenoxy) is 2. The number of methoxy groups -OCH3 is 1. The van der Waals surface area contributed by atoms with Gasteiger partial charge in [0.25, 0.3) is 0 Å². The summed E-state index contributed by atoms with van der Waals surface area (Å²) in [5.41, 5.74) is 5.64. The predicted molar refractivity (Wildman–Crippen MR) is 124 cm³/mol. The van der Waals surface area contributed by atoms with Gasteiger partial charge in [-0.1, -0.05) is 24.3 Å². The van der Waals surface area contributed by atoms with Crippen LogP contribution in [0.2, 0.25) is 0 Å². The molecule has 2 heterocycles. The summed E-state index contributed by atoms with van der Waals surface area (Å²) in [7, 11) is -2.43. The molecule has 0 saturated carbocycles. The fraction of sp³-hybridized carbons (Fsp3) is 0.250. The zero-order valence-electron chi connectivity index (χ0n) is 18.8. The number of carboxylic acids is 1. The molecule has 1 aliphatic rings. The standard InChI is InChI=1S/C24H24FN3O6S/c1-33-22-10-9-19(13-27-22)34-24(17-5-7-18(25)8-6-17)14-28(15-24)35(31,32)20-4-2-3-16(11-20)12-21(26)23(29)30/h2-11,13,21H,12,14-15,26H2,1H3,(H,29,30)/t21-/m0/s1. The van der Waals surface area contributed by atoms with Gasteiger partial charge in [-0.3, -0.25) is 4.79 Å². The third-order valence-corrected chi connectivity index (χ3v) is 7.56. The van der Waals surface area contributed by atoms with Crippen LogP contribution in [0.15, 0.2) is 71.8 Å². The molecule has 11 heteroatoms. The third-order valence-electron chi connectivity index (χ3n) is 5.77. The van der Waals surface area contributed by atoms with Gasteiger partial charge in [0, 0.05) is 6.07 Å². The SMILES string of the molecule is COc1ccc(OC2(c3ccc(F)cc3)CN(S(=O)(=O)c3cccc(C[C@H](N)C(=O)O)c3)C2)cn1. The monoisotopic (exact) mass is 501 g/mol. The molecule has 2 aromatic carbocycles. The average Bonchev–Trinajstić information content (AvgIpc) is 2.82. The van der Waals surface area contributed by atoms with Crippen molar-refractivity contribution >= 4 is 16.0 Å². The average molecular weight is 502 g/mol. The Kier molecular flexibility index (Phi) is 6.75. The number of rotatable bonds is 9. The second-order valence-electron chi connectivity index (χ2n) is 8.21. The van der Waals surface area contributed by atoms with Crippen LogP contribution in [0.4, 0.5) is 4.39 Å². The van der Waals surface area contributed by atoms with E-state index in [1.165, 1.54) is 41.9 Å². The topological polar surface area (TPSA) is 132 Å². The zero-order chi connectivity index (χ0) is 25.2. The normalized spacial score (nSPS) is 16.2. The maximum atomic E-state index is 13.6. The lowest BCUT2D eigenvalue weighted by Crippen LogP contribution is -2.64. The Labute approximate surface area is 202 Å². The molecule has 0 amide bonds. The highest BCUT2D eigenvalue weighted by atomic mass is 32.2. The molecule has 184 valence electrons. The smallest absolute Gasteiger partial charge is 0.320 e. The molecule has 1 aromatic heterocycles. The minimum atomic E-state index is -3.92. The van der Waals surface area contributed by atoms with Crippen LogP contribution >= 0.6 is 0 Å². The van der Waals surface area contributed by atoms with Gasteiger partial charge in [-0.15, -0.1) is 0 Å². The van der Waals surface area contributed by atoms with Gasteiger partial charge in [0.05, 0.1) is 31.3 Å². The number of sulfonamides is 1. The molecule has 0 unspecified atom stereocenters. The first-order valence-corrected chi connectivity index (χ1v) is 12.1. The second kappa shape index (κ2) is 9.61. The molecule has 0 spiro atoms. The first-order valence-electron chi connectivity index (χ1n) is 10.7. The van der Waals surface area contributed by atoms with Crippen molar-refractivity contribution in [3.63, 3.8) is 0 Å². The van der Waals surface area contributed by atoms with E-state index in [0.29, 0.717) is 22.8 Å². The van der Waals surface area contributed by atoms with E-state index in [2.05, 4.69) is 4.98 Å². The van der Waals surface area contributed by atoms with Crippen molar-refractivity contribution in [2.75, 3.05) is 20.2 Å². The van der Waals surface area contributed by atoms with Gasteiger partial charge < -0.3 is 20.3 Å². The maximum absolute atomic E-state index is 13.6. The molecule has 3 aromatic rings. The van der Waals surface area contributed by atoms with Crippen molar-refractivity contribution in [1.29, 1.82) is 0 Å². The fourth-order valence-electron chi connectivity index (χ4n) is 3.85. The van der Waals surface area contributed by atoms with E-state index in [4.69, 9.17) is 20.3 Å². The van der Waals surface area contributed by atoms with Crippen LogP contribution in [0.3, 0.4) is 0 Å². The molecule has 0 aliphatic carbocycles. The number of benzene rings is 2. The van der Waals surface area contributed by atoms with E-state index >= 15 is 0 Å². The van der Waals surface area contributed by atoms with Crippen molar-refractivity contribution in [3.05, 3.63) is 83.8 Å². The van der Waals surface area contributed by atoms with Gasteiger partial charge in [-0.2, -0.15) is 4.31 Å². The number of aliphatic carboxylic acids is 1. The zero-order valence-corrected chi connectivity index (χ0v) is 19.6. The van der Waals surface area contributed by atoms with Gasteiger partial charge in [-0.05, 0) is 47.9 Å². The minimum Gasteiger partial charge on any atom is -0.481 e. The fourth-order valence-corrected chi connectivity index (χ4v) is 5.46. The largest absolute Gasteiger partial charge is 0.481 e. The van der Waals surface area contributed by atoms with E-state index in [1.54, 1.807) is 36.4 Å². The number of carboxylic acid groups (broad SMARTS) is 1. The highest BCUT2D eigenvalue weighted by Gasteiger charge is 2.52. The van der Waals surface area contributed by atoms with Crippen LogP contribution in [0.25, 0.3) is 0 Å². The Morgan fingerprint density at radius 2 is 1.91 bits per heavy atom. The maximum Gasteiger partial charge on any atom is 0.320 e. The lowest BCUT2D eigenvalue weighted by atomic mass is 9.87. The lowest BCUT2D eigenvalue weighted by molar-refractivity contribution is -0.138. The molecular weight excluding hydrogens is 477 g/mol. The minimum absolute atomic E-state index is 0.00814. The summed E-state index contributed by atoms with van der Waals surface area (Å²) in [6.07, 6.45) is 1.46. The van der Waals surface area contributed by atoms with Crippen molar-refractivity contribution in [2.45, 2.75) is 23.0 Å². The molecule has 3 N–H and O–H groups in total. The van der Waals surface area contributed by atoms with Crippen molar-refractivity contribution in [2.24, 2.45) is 5.73 Å². The first-order chi connectivity index (χ1) is 16.6. The Bertz CT molecular complexity index is 1310. The summed E-state index contributed by atoms with van der Waals surface area (Å²) in [5, 5.41) is 9.04. The number of aromatic nitrogens is 1. The Morgan fingerprint density at radius 1 is 1.20 bits per heavy atom. The van der Waals surface area contributed by atoms with Crippen LogP contribution in [0.5, 0.6) is 11.6 Å². The number of halogens is 1. The van der Waals surface area contributed by atoms with Crippen LogP contribution in [0.1, 0.15) is 11.1 Å². The summed E-state index contributed by atoms with van der Waals surface area (Å²) in [4.78, 5) is 15.2. The van der Waals surface area contributed by atoms with Crippen LogP contribution in [-0.4, -0.2) is 55.0 Å². The van der Waals surface area contributed by atoms with Crippen molar-refractivity contribution in [1.82, 2.24) is 9.29 Å². The van der Waals surface area contributed by atoms with E-state index in [9.17, 15) is 17.6 Å². The Hall–Kier alpha value is -3.54. The van der Waals surface area contributed by atoms with Crippen molar-refractivity contribution < 1.29 is 32.2 Å². The molecule has 1 saturated heterocycles. The molecule has 1 atom stereocenters. The van der Waals surface area contributed by atoms with Crippen LogP contribution < -0.4 is 15.2 Å². The number of nitrogens with two attached hydrogens (primary N) is 1. The third kappa shape index (κ3) is 5.11. The highest BCUT2D eigenvalue weighted by molar-refractivity contribution is 7.89. The second-order valence-corrected chi connectivity index (χ2v) is 10.1. The van der Waals surface area contributed by atoms with Gasteiger partial charge in [0.2, 0.25) is 15.9 Å². The molecular formula is C24H24FN3O6S. The van der Waals surface area contributed by atoms with Gasteiger partial charge in [0.15, 0.2) is 5.60 Å². The summed E-state index contributed by atoms with van der Waals surface area (Å²) in [5.74, 6) is -0.796. The number of hydrogen-bond acceptors (Lipinski definition) is 7. The molecule has 1 aliphatic heterocycles. The summed E-state index contributed by atoms with van der Waals surface area (Å²) in [6, 6.07) is 13.9. The molecule has 0 bridgehead atoms. The highest BCUT2D eigenvalue weighted by Crippen LogP contribution is 2.40. The van der Waals surface area contributed by atoms with Gasteiger partial charge >= 0.3 is 5.97 Å². The molecule has 9 nitrogen and oxygen atoms in total.